The minimum absolute atomic E-state index is 0.0781. The summed E-state index contributed by atoms with van der Waals surface area (Å²) in [6.45, 7) is 0. The zero-order valence-corrected chi connectivity index (χ0v) is 17.3. The van der Waals surface area contributed by atoms with Crippen LogP contribution in [0.1, 0.15) is 26.4 Å². The van der Waals surface area contributed by atoms with Gasteiger partial charge in [0.2, 0.25) is 5.75 Å². The van der Waals surface area contributed by atoms with Crippen LogP contribution in [0.15, 0.2) is 34.8 Å². The van der Waals surface area contributed by atoms with Crippen LogP contribution < -0.4 is 14.2 Å². The van der Waals surface area contributed by atoms with Crippen LogP contribution in [0, 0.1) is 0 Å². The molecule has 1 aromatic heterocycles. The summed E-state index contributed by atoms with van der Waals surface area (Å²) in [6, 6.07) is 8.44. The van der Waals surface area contributed by atoms with Crippen molar-refractivity contribution in [2.24, 2.45) is 0 Å². The van der Waals surface area contributed by atoms with Crippen LogP contribution in [0.4, 0.5) is 0 Å². The Kier molecular flexibility index (Phi) is 5.60. The maximum atomic E-state index is 13.4. The van der Waals surface area contributed by atoms with Crippen molar-refractivity contribution in [3.05, 3.63) is 51.6 Å². The maximum absolute atomic E-state index is 13.4. The molecular formula is C20H18BrNO6. The van der Waals surface area contributed by atoms with Gasteiger partial charge in [0.15, 0.2) is 17.3 Å². The molecule has 0 atom stereocenters. The molecule has 0 unspecified atom stereocenters. The van der Waals surface area contributed by atoms with Gasteiger partial charge in [0, 0.05) is 20.9 Å². The van der Waals surface area contributed by atoms with Crippen molar-refractivity contribution in [3.63, 3.8) is 0 Å². The lowest BCUT2D eigenvalue weighted by Gasteiger charge is -2.14. The van der Waals surface area contributed by atoms with E-state index in [9.17, 15) is 9.59 Å². The van der Waals surface area contributed by atoms with Gasteiger partial charge in [-0.1, -0.05) is 15.9 Å². The molecule has 0 amide bonds. The van der Waals surface area contributed by atoms with Crippen molar-refractivity contribution < 1.29 is 28.5 Å². The first-order valence-corrected chi connectivity index (χ1v) is 8.98. The summed E-state index contributed by atoms with van der Waals surface area (Å²) in [5.74, 6) is 0.0280. The summed E-state index contributed by atoms with van der Waals surface area (Å²) in [7, 11) is 5.67. The summed E-state index contributed by atoms with van der Waals surface area (Å²) in [5.41, 5.74) is 1.20. The average molecular weight is 448 g/mol. The molecule has 7 nitrogen and oxygen atoms in total. The van der Waals surface area contributed by atoms with E-state index in [1.807, 2.05) is 6.07 Å². The summed E-state index contributed by atoms with van der Waals surface area (Å²) in [5, 5.41) is 0.591. The number of fused-ring (bicyclic) bond motifs is 1. The third-order valence-corrected chi connectivity index (χ3v) is 4.80. The molecule has 0 spiro atoms. The summed E-state index contributed by atoms with van der Waals surface area (Å²) < 4.78 is 21.6. The second kappa shape index (κ2) is 7.93. The number of esters is 1. The van der Waals surface area contributed by atoms with Gasteiger partial charge < -0.3 is 23.9 Å². The number of methoxy groups -OCH3 is 4. The third-order valence-electron chi connectivity index (χ3n) is 4.30. The zero-order chi connectivity index (χ0) is 20.4. The molecule has 0 fully saturated rings. The zero-order valence-electron chi connectivity index (χ0n) is 15.7. The number of aromatic nitrogens is 1. The number of rotatable bonds is 6. The van der Waals surface area contributed by atoms with E-state index in [2.05, 4.69) is 20.9 Å². The number of nitrogens with one attached hydrogen (secondary N) is 1. The molecule has 0 saturated heterocycles. The first-order chi connectivity index (χ1) is 13.4. The number of ether oxygens (including phenoxy) is 4. The van der Waals surface area contributed by atoms with E-state index in [0.717, 1.165) is 4.47 Å². The van der Waals surface area contributed by atoms with Gasteiger partial charge in [-0.05, 0) is 30.3 Å². The SMILES string of the molecule is COC(=O)c1[nH]c2ccc(Br)cc2c1C(=O)c1cc(OC)c(OC)c(OC)c1. The molecule has 0 aliphatic carbocycles. The van der Waals surface area contributed by atoms with E-state index in [4.69, 9.17) is 18.9 Å². The van der Waals surface area contributed by atoms with Crippen LogP contribution in [0.5, 0.6) is 17.2 Å². The fourth-order valence-corrected chi connectivity index (χ4v) is 3.37. The molecule has 8 heteroatoms. The topological polar surface area (TPSA) is 86.9 Å². The van der Waals surface area contributed by atoms with Crippen molar-refractivity contribution in [2.75, 3.05) is 28.4 Å². The lowest BCUT2D eigenvalue weighted by molar-refractivity contribution is 0.0592. The highest BCUT2D eigenvalue weighted by Gasteiger charge is 2.27. The van der Waals surface area contributed by atoms with Crippen LogP contribution in [0.3, 0.4) is 0 Å². The fraction of sp³-hybridized carbons (Fsp3) is 0.200. The van der Waals surface area contributed by atoms with Gasteiger partial charge in [0.1, 0.15) is 5.69 Å². The van der Waals surface area contributed by atoms with Crippen LogP contribution >= 0.6 is 15.9 Å². The van der Waals surface area contributed by atoms with Crippen molar-refractivity contribution in [1.82, 2.24) is 4.98 Å². The number of carbonyl (C=O) groups is 2. The number of carbonyl (C=O) groups excluding carboxylic acids is 2. The maximum Gasteiger partial charge on any atom is 0.355 e. The van der Waals surface area contributed by atoms with Crippen LogP contribution in [-0.2, 0) is 4.74 Å². The molecule has 0 aliphatic heterocycles. The van der Waals surface area contributed by atoms with E-state index in [-0.39, 0.29) is 22.6 Å². The van der Waals surface area contributed by atoms with Crippen molar-refractivity contribution in [1.29, 1.82) is 0 Å². The molecule has 2 aromatic carbocycles. The monoisotopic (exact) mass is 447 g/mol. The van der Waals surface area contributed by atoms with E-state index < -0.39 is 5.97 Å². The molecule has 0 radical (unpaired) electrons. The molecule has 0 aliphatic rings. The third kappa shape index (κ3) is 3.31. The number of hydrogen-bond acceptors (Lipinski definition) is 6. The number of hydrogen-bond donors (Lipinski definition) is 1. The quantitative estimate of drug-likeness (QED) is 0.454. The number of aromatic amines is 1. The Hall–Kier alpha value is -3.00. The summed E-state index contributed by atoms with van der Waals surface area (Å²) >= 11 is 3.40. The van der Waals surface area contributed by atoms with Crippen molar-refractivity contribution in [2.45, 2.75) is 0 Å². The Balaban J connectivity index is 2.26. The highest BCUT2D eigenvalue weighted by atomic mass is 79.9. The van der Waals surface area contributed by atoms with E-state index in [0.29, 0.717) is 28.2 Å². The van der Waals surface area contributed by atoms with Gasteiger partial charge in [0.25, 0.3) is 0 Å². The molecular weight excluding hydrogens is 430 g/mol. The Morgan fingerprint density at radius 2 is 1.57 bits per heavy atom. The summed E-state index contributed by atoms with van der Waals surface area (Å²) in [4.78, 5) is 28.7. The Morgan fingerprint density at radius 3 is 2.11 bits per heavy atom. The lowest BCUT2D eigenvalue weighted by atomic mass is 9.99. The smallest absolute Gasteiger partial charge is 0.355 e. The largest absolute Gasteiger partial charge is 0.493 e. The van der Waals surface area contributed by atoms with Gasteiger partial charge >= 0.3 is 5.97 Å². The highest BCUT2D eigenvalue weighted by molar-refractivity contribution is 9.10. The van der Waals surface area contributed by atoms with Gasteiger partial charge in [-0.3, -0.25) is 4.79 Å². The van der Waals surface area contributed by atoms with Crippen molar-refractivity contribution in [3.8, 4) is 17.2 Å². The molecule has 0 saturated carbocycles. The van der Waals surface area contributed by atoms with Crippen molar-refractivity contribution >= 4 is 38.6 Å². The van der Waals surface area contributed by atoms with Crippen LogP contribution in [-0.4, -0.2) is 45.2 Å². The van der Waals surface area contributed by atoms with Gasteiger partial charge in [-0.25, -0.2) is 4.79 Å². The number of halogens is 1. The van der Waals surface area contributed by atoms with Gasteiger partial charge in [0.05, 0.1) is 34.0 Å². The van der Waals surface area contributed by atoms with E-state index in [1.165, 1.54) is 28.4 Å². The first-order valence-electron chi connectivity index (χ1n) is 8.19. The Bertz CT molecular complexity index is 1050. The minimum atomic E-state index is -0.636. The minimum Gasteiger partial charge on any atom is -0.493 e. The molecule has 1 heterocycles. The predicted octanol–water partition coefficient (Wildman–Crippen LogP) is 3.97. The van der Waals surface area contributed by atoms with Crippen LogP contribution in [0.2, 0.25) is 0 Å². The van der Waals surface area contributed by atoms with Gasteiger partial charge in [-0.2, -0.15) is 0 Å². The average Bonchev–Trinajstić information content (AvgIpc) is 3.09. The molecule has 146 valence electrons. The highest BCUT2D eigenvalue weighted by Crippen LogP contribution is 2.39. The number of H-pyrrole nitrogens is 1. The molecule has 3 aromatic rings. The lowest BCUT2D eigenvalue weighted by Crippen LogP contribution is -2.11. The molecule has 28 heavy (non-hydrogen) atoms. The van der Waals surface area contributed by atoms with E-state index >= 15 is 0 Å². The normalized spacial score (nSPS) is 10.6. The van der Waals surface area contributed by atoms with Crippen LogP contribution in [0.25, 0.3) is 10.9 Å². The predicted molar refractivity (Wildman–Crippen MR) is 107 cm³/mol. The first kappa shape index (κ1) is 19.8. The summed E-state index contributed by atoms with van der Waals surface area (Å²) in [6.07, 6.45) is 0. The molecule has 0 bridgehead atoms. The molecule has 1 N–H and O–H groups in total. The Morgan fingerprint density at radius 1 is 0.929 bits per heavy atom. The standard InChI is InChI=1S/C20H18BrNO6/c1-25-14-7-10(8-15(26-2)19(14)27-3)18(23)16-12-9-11(21)5-6-13(12)22-17(16)20(24)28-4/h5-9,22H,1-4H3. The second-order valence-corrected chi connectivity index (χ2v) is 6.72. The Labute approximate surface area is 169 Å². The molecule has 3 rings (SSSR count). The van der Waals surface area contributed by atoms with E-state index in [1.54, 1.807) is 24.3 Å². The second-order valence-electron chi connectivity index (χ2n) is 5.80. The number of ketones is 1. The number of benzene rings is 2. The fourth-order valence-electron chi connectivity index (χ4n) is 3.01. The van der Waals surface area contributed by atoms with Gasteiger partial charge in [-0.15, -0.1) is 0 Å².